The highest BCUT2D eigenvalue weighted by Gasteiger charge is 2.26. The topological polar surface area (TPSA) is 55.3 Å². The fourth-order valence-corrected chi connectivity index (χ4v) is 1.84. The van der Waals surface area contributed by atoms with E-state index in [2.05, 4.69) is 9.97 Å². The van der Waals surface area contributed by atoms with Gasteiger partial charge in [0, 0.05) is 0 Å². The molecule has 0 spiro atoms. The molecule has 0 unspecified atom stereocenters. The first-order valence-corrected chi connectivity index (χ1v) is 6.79. The lowest BCUT2D eigenvalue weighted by molar-refractivity contribution is 0.127. The molecular formula is C14H11ClF3N3O2. The number of aromatic nitrogens is 2. The van der Waals surface area contributed by atoms with E-state index in [0.29, 0.717) is 16.7 Å². The molecule has 122 valence electrons. The Morgan fingerprint density at radius 3 is 2.65 bits per heavy atom. The molecule has 0 aliphatic rings. The third-order valence-electron chi connectivity index (χ3n) is 2.70. The molecule has 2 rings (SSSR count). The molecule has 2 aromatic rings. The fourth-order valence-electron chi connectivity index (χ4n) is 1.71. The van der Waals surface area contributed by atoms with Crippen LogP contribution in [0, 0.1) is 5.82 Å². The van der Waals surface area contributed by atoms with Crippen molar-refractivity contribution in [3.8, 4) is 0 Å². The van der Waals surface area contributed by atoms with Crippen LogP contribution in [0.4, 0.5) is 23.8 Å². The van der Waals surface area contributed by atoms with E-state index in [1.165, 1.54) is 0 Å². The number of hydrogen-bond donors (Lipinski definition) is 0. The van der Waals surface area contributed by atoms with Crippen molar-refractivity contribution in [1.82, 2.24) is 9.97 Å². The van der Waals surface area contributed by atoms with Gasteiger partial charge in [0.25, 0.3) is 6.43 Å². The van der Waals surface area contributed by atoms with Crippen molar-refractivity contribution < 1.29 is 22.7 Å². The van der Waals surface area contributed by atoms with Crippen molar-refractivity contribution in [3.05, 3.63) is 53.2 Å². The first-order valence-electron chi connectivity index (χ1n) is 6.41. The lowest BCUT2D eigenvalue weighted by atomic mass is 10.2. The van der Waals surface area contributed by atoms with Gasteiger partial charge in [-0.3, -0.25) is 4.90 Å². The molecule has 0 saturated carbocycles. The lowest BCUT2D eigenvalue weighted by Crippen LogP contribution is -2.37. The number of alkyl halides is 2. The number of anilines is 1. The Hall–Kier alpha value is -2.35. The first kappa shape index (κ1) is 17.0. The van der Waals surface area contributed by atoms with E-state index in [0.717, 1.165) is 0 Å². The van der Waals surface area contributed by atoms with E-state index >= 15 is 0 Å². The summed E-state index contributed by atoms with van der Waals surface area (Å²) in [5.41, 5.74) is 0.652. The molecule has 0 N–H and O–H groups in total. The first-order chi connectivity index (χ1) is 11.0. The lowest BCUT2D eigenvalue weighted by Gasteiger charge is -2.21. The van der Waals surface area contributed by atoms with E-state index in [1.54, 1.807) is 30.3 Å². The summed E-state index contributed by atoms with van der Waals surface area (Å²) in [4.78, 5) is 19.2. The van der Waals surface area contributed by atoms with Crippen LogP contribution in [0.25, 0.3) is 0 Å². The van der Waals surface area contributed by atoms with Gasteiger partial charge in [0.05, 0.1) is 12.7 Å². The SMILES string of the molecule is O=C(OCc1ccccc1)N(CC(F)F)c1nc(Cl)ncc1F. The highest BCUT2D eigenvalue weighted by atomic mass is 35.5. The van der Waals surface area contributed by atoms with Gasteiger partial charge in [-0.1, -0.05) is 30.3 Å². The number of hydrogen-bond acceptors (Lipinski definition) is 4. The van der Waals surface area contributed by atoms with Crippen molar-refractivity contribution >= 4 is 23.5 Å². The standard InChI is InChI=1S/C14H11ClF3N3O2/c15-13-19-6-10(16)12(20-13)21(7-11(17)18)14(22)23-8-9-4-2-1-3-5-9/h1-6,11H,7-8H2. The molecule has 9 heteroatoms. The molecule has 5 nitrogen and oxygen atoms in total. The van der Waals surface area contributed by atoms with Gasteiger partial charge in [0.1, 0.15) is 6.61 Å². The van der Waals surface area contributed by atoms with Crippen LogP contribution in [0.3, 0.4) is 0 Å². The number of rotatable bonds is 5. The highest BCUT2D eigenvalue weighted by Crippen LogP contribution is 2.20. The maximum absolute atomic E-state index is 13.7. The highest BCUT2D eigenvalue weighted by molar-refractivity contribution is 6.28. The summed E-state index contributed by atoms with van der Waals surface area (Å²) in [6.45, 7) is -1.24. The largest absolute Gasteiger partial charge is 0.444 e. The Labute approximate surface area is 134 Å². The zero-order valence-electron chi connectivity index (χ0n) is 11.6. The van der Waals surface area contributed by atoms with Crippen LogP contribution in [0.5, 0.6) is 0 Å². The molecule has 0 atom stereocenters. The summed E-state index contributed by atoms with van der Waals surface area (Å²) >= 11 is 5.52. The molecule has 1 aromatic carbocycles. The molecule has 0 aliphatic heterocycles. The second-order valence-corrected chi connectivity index (χ2v) is 4.69. The Bertz CT molecular complexity index is 674. The van der Waals surface area contributed by atoms with Crippen molar-refractivity contribution in [2.24, 2.45) is 0 Å². The van der Waals surface area contributed by atoms with Crippen LogP contribution in [0.1, 0.15) is 5.56 Å². The van der Waals surface area contributed by atoms with Crippen LogP contribution in [0.2, 0.25) is 5.28 Å². The van der Waals surface area contributed by atoms with Crippen molar-refractivity contribution in [2.75, 3.05) is 11.4 Å². The normalized spacial score (nSPS) is 10.7. The molecule has 1 heterocycles. The van der Waals surface area contributed by atoms with Gasteiger partial charge in [-0.2, -0.15) is 4.98 Å². The van der Waals surface area contributed by atoms with Gasteiger partial charge in [-0.15, -0.1) is 0 Å². The predicted molar refractivity (Wildman–Crippen MR) is 77.0 cm³/mol. The third kappa shape index (κ3) is 4.82. The molecule has 0 saturated heterocycles. The number of ether oxygens (including phenoxy) is 1. The van der Waals surface area contributed by atoms with Crippen LogP contribution in [-0.2, 0) is 11.3 Å². The quantitative estimate of drug-likeness (QED) is 0.776. The minimum Gasteiger partial charge on any atom is -0.444 e. The molecule has 23 heavy (non-hydrogen) atoms. The maximum Gasteiger partial charge on any atom is 0.416 e. The molecular weight excluding hydrogens is 335 g/mol. The molecule has 0 aliphatic carbocycles. The molecule has 1 amide bonds. The summed E-state index contributed by atoms with van der Waals surface area (Å²) < 4.78 is 44.0. The minimum atomic E-state index is -2.91. The van der Waals surface area contributed by atoms with E-state index in [9.17, 15) is 18.0 Å². The van der Waals surface area contributed by atoms with E-state index < -0.39 is 30.7 Å². The molecule has 0 radical (unpaired) electrons. The van der Waals surface area contributed by atoms with Gasteiger partial charge >= 0.3 is 6.09 Å². The Morgan fingerprint density at radius 2 is 2.00 bits per heavy atom. The van der Waals surface area contributed by atoms with Crippen LogP contribution in [-0.4, -0.2) is 29.0 Å². The number of carbonyl (C=O) groups is 1. The summed E-state index contributed by atoms with van der Waals surface area (Å²) in [7, 11) is 0. The van der Waals surface area contributed by atoms with Crippen LogP contribution in [0.15, 0.2) is 36.5 Å². The Balaban J connectivity index is 2.17. The Kier molecular flexibility index (Phi) is 5.75. The number of nitrogens with zero attached hydrogens (tertiary/aromatic N) is 3. The van der Waals surface area contributed by atoms with Gasteiger partial charge in [-0.05, 0) is 17.2 Å². The monoisotopic (exact) mass is 345 g/mol. The molecule has 1 aromatic heterocycles. The van der Waals surface area contributed by atoms with Gasteiger partial charge in [0.15, 0.2) is 11.6 Å². The van der Waals surface area contributed by atoms with E-state index in [-0.39, 0.29) is 11.9 Å². The number of benzene rings is 1. The molecule has 0 bridgehead atoms. The van der Waals surface area contributed by atoms with E-state index in [4.69, 9.17) is 16.3 Å². The predicted octanol–water partition coefficient (Wildman–Crippen LogP) is 3.68. The van der Waals surface area contributed by atoms with Gasteiger partial charge < -0.3 is 4.74 Å². The average Bonchev–Trinajstić information content (AvgIpc) is 2.53. The number of carbonyl (C=O) groups excluding carboxylic acids is 1. The summed E-state index contributed by atoms with van der Waals surface area (Å²) in [6.07, 6.45) is -3.39. The fraction of sp³-hybridized carbons (Fsp3) is 0.214. The number of amides is 1. The van der Waals surface area contributed by atoms with E-state index in [1.807, 2.05) is 0 Å². The van der Waals surface area contributed by atoms with Crippen molar-refractivity contribution in [3.63, 3.8) is 0 Å². The number of halogens is 4. The zero-order valence-corrected chi connectivity index (χ0v) is 12.4. The maximum atomic E-state index is 13.7. The summed E-state index contributed by atoms with van der Waals surface area (Å²) in [5.74, 6) is -1.73. The summed E-state index contributed by atoms with van der Waals surface area (Å²) in [6, 6.07) is 8.60. The third-order valence-corrected chi connectivity index (χ3v) is 2.88. The van der Waals surface area contributed by atoms with Crippen molar-refractivity contribution in [2.45, 2.75) is 13.0 Å². The smallest absolute Gasteiger partial charge is 0.416 e. The Morgan fingerprint density at radius 1 is 1.30 bits per heavy atom. The second kappa shape index (κ2) is 7.77. The molecule has 0 fully saturated rings. The zero-order chi connectivity index (χ0) is 16.8. The minimum absolute atomic E-state index is 0.153. The van der Waals surface area contributed by atoms with Gasteiger partial charge in [0.2, 0.25) is 5.28 Å². The average molecular weight is 346 g/mol. The van der Waals surface area contributed by atoms with Gasteiger partial charge in [-0.25, -0.2) is 22.9 Å². The van der Waals surface area contributed by atoms with Crippen LogP contribution >= 0.6 is 11.6 Å². The van der Waals surface area contributed by atoms with Crippen LogP contribution < -0.4 is 4.90 Å². The second-order valence-electron chi connectivity index (χ2n) is 4.35. The summed E-state index contributed by atoms with van der Waals surface area (Å²) in [5, 5.41) is -0.378. The van der Waals surface area contributed by atoms with Crippen molar-refractivity contribution in [1.29, 1.82) is 0 Å².